The largest absolute Gasteiger partial charge is 0.345 e. The fraction of sp³-hybridized carbons (Fsp3) is 0.474. The van der Waals surface area contributed by atoms with E-state index in [0.717, 1.165) is 48.3 Å². The smallest absolute Gasteiger partial charge is 0.320 e. The van der Waals surface area contributed by atoms with Crippen molar-refractivity contribution in [3.05, 3.63) is 30.5 Å². The standard InChI is InChI=1S/C19H21N7O/c20-8-13-4-7-25(11-13)19(27)24-6-1-2-14(12-24)18-23-10-15-9-22-17-16(26(15)18)3-5-21-17/h3,5,9-10,13-14,21H,1-2,4,6-7,11-12H2/t13-,14-/m1/s1. The average Bonchev–Trinajstić information content (AvgIpc) is 3.45. The number of likely N-dealkylation sites (tertiary alicyclic amines) is 2. The van der Waals surface area contributed by atoms with E-state index in [0.29, 0.717) is 19.6 Å². The first kappa shape index (κ1) is 16.1. The third kappa shape index (κ3) is 2.62. The molecule has 2 amide bonds. The second-order valence-corrected chi connectivity index (χ2v) is 7.47. The number of aromatic amines is 1. The van der Waals surface area contributed by atoms with Gasteiger partial charge in [-0.2, -0.15) is 5.26 Å². The first-order valence-corrected chi connectivity index (χ1v) is 9.47. The van der Waals surface area contributed by atoms with Gasteiger partial charge in [0.2, 0.25) is 0 Å². The maximum Gasteiger partial charge on any atom is 0.320 e. The second kappa shape index (κ2) is 6.27. The molecular formula is C19H21N7O. The van der Waals surface area contributed by atoms with Crippen LogP contribution in [-0.2, 0) is 0 Å². The Morgan fingerprint density at radius 2 is 2.04 bits per heavy atom. The number of aromatic nitrogens is 4. The summed E-state index contributed by atoms with van der Waals surface area (Å²) in [5.74, 6) is 1.16. The Balaban J connectivity index is 1.42. The number of rotatable bonds is 1. The first-order valence-electron chi connectivity index (χ1n) is 9.47. The van der Waals surface area contributed by atoms with Crippen LogP contribution in [0.2, 0.25) is 0 Å². The van der Waals surface area contributed by atoms with Crippen molar-refractivity contribution in [2.75, 3.05) is 26.2 Å². The molecule has 8 nitrogen and oxygen atoms in total. The van der Waals surface area contributed by atoms with Gasteiger partial charge in [-0.15, -0.1) is 0 Å². The van der Waals surface area contributed by atoms with Crippen LogP contribution in [0.25, 0.3) is 16.7 Å². The van der Waals surface area contributed by atoms with Gasteiger partial charge in [-0.3, -0.25) is 4.40 Å². The maximum atomic E-state index is 12.9. The average molecular weight is 363 g/mol. The zero-order chi connectivity index (χ0) is 18.4. The van der Waals surface area contributed by atoms with Crippen LogP contribution >= 0.6 is 0 Å². The Morgan fingerprint density at radius 3 is 2.89 bits per heavy atom. The second-order valence-electron chi connectivity index (χ2n) is 7.47. The molecule has 1 N–H and O–H groups in total. The van der Waals surface area contributed by atoms with Gasteiger partial charge in [0.05, 0.1) is 35.4 Å². The van der Waals surface area contributed by atoms with Gasteiger partial charge in [-0.05, 0) is 25.3 Å². The molecule has 5 rings (SSSR count). The summed E-state index contributed by atoms with van der Waals surface area (Å²) in [6.45, 7) is 2.67. The van der Waals surface area contributed by atoms with Crippen molar-refractivity contribution in [2.24, 2.45) is 5.92 Å². The molecule has 3 aromatic heterocycles. The van der Waals surface area contributed by atoms with Crippen molar-refractivity contribution in [3.63, 3.8) is 0 Å². The van der Waals surface area contributed by atoms with Gasteiger partial charge in [0.1, 0.15) is 5.82 Å². The number of nitriles is 1. The van der Waals surface area contributed by atoms with Crippen molar-refractivity contribution in [1.82, 2.24) is 29.2 Å². The van der Waals surface area contributed by atoms with E-state index in [1.54, 1.807) is 0 Å². The van der Waals surface area contributed by atoms with Crippen molar-refractivity contribution in [2.45, 2.75) is 25.2 Å². The SMILES string of the molecule is N#C[C@H]1CCN(C(=O)N2CCC[C@@H](c3ncc4cnc5[nH]ccc5n34)C2)C1. The zero-order valence-electron chi connectivity index (χ0n) is 15.0. The molecule has 0 spiro atoms. The Bertz CT molecular complexity index is 1050. The number of amides is 2. The minimum atomic E-state index is -0.0276. The monoisotopic (exact) mass is 363 g/mol. The number of hydrogen-bond acceptors (Lipinski definition) is 4. The minimum Gasteiger partial charge on any atom is -0.345 e. The molecule has 0 aromatic carbocycles. The molecule has 0 bridgehead atoms. The van der Waals surface area contributed by atoms with Crippen molar-refractivity contribution < 1.29 is 4.79 Å². The number of H-pyrrole nitrogens is 1. The quantitative estimate of drug-likeness (QED) is 0.718. The molecule has 138 valence electrons. The van der Waals surface area contributed by atoms with Crippen molar-refractivity contribution in [3.8, 4) is 6.07 Å². The minimum absolute atomic E-state index is 0.0276. The Kier molecular flexibility index (Phi) is 3.74. The van der Waals surface area contributed by atoms with Crippen LogP contribution in [0.3, 0.4) is 0 Å². The lowest BCUT2D eigenvalue weighted by Crippen LogP contribution is -2.46. The molecule has 0 unspecified atom stereocenters. The number of nitrogens with zero attached hydrogens (tertiary/aromatic N) is 6. The highest BCUT2D eigenvalue weighted by molar-refractivity contribution is 5.76. The number of piperidine rings is 1. The summed E-state index contributed by atoms with van der Waals surface area (Å²) in [5, 5.41) is 9.09. The summed E-state index contributed by atoms with van der Waals surface area (Å²) in [4.78, 5) is 28.9. The molecule has 2 aliphatic heterocycles. The third-order valence-electron chi connectivity index (χ3n) is 5.79. The van der Waals surface area contributed by atoms with E-state index in [4.69, 9.17) is 5.26 Å². The number of nitrogens with one attached hydrogen (secondary N) is 1. The van der Waals surface area contributed by atoms with E-state index in [-0.39, 0.29) is 17.9 Å². The van der Waals surface area contributed by atoms with Crippen LogP contribution in [0.1, 0.15) is 31.0 Å². The van der Waals surface area contributed by atoms with Gasteiger partial charge in [-0.1, -0.05) is 0 Å². The Morgan fingerprint density at radius 1 is 1.19 bits per heavy atom. The summed E-state index contributed by atoms with van der Waals surface area (Å²) in [5.41, 5.74) is 2.82. The predicted molar refractivity (Wildman–Crippen MR) is 99.1 cm³/mol. The van der Waals surface area contributed by atoms with Crippen LogP contribution in [0.15, 0.2) is 24.7 Å². The van der Waals surface area contributed by atoms with Crippen LogP contribution in [0, 0.1) is 17.2 Å². The van der Waals surface area contributed by atoms with Gasteiger partial charge in [0.25, 0.3) is 0 Å². The zero-order valence-corrected chi connectivity index (χ0v) is 15.0. The van der Waals surface area contributed by atoms with E-state index in [2.05, 4.69) is 25.4 Å². The normalized spacial score (nSPS) is 23.2. The molecule has 2 aliphatic rings. The van der Waals surface area contributed by atoms with E-state index in [1.807, 2.05) is 34.5 Å². The molecular weight excluding hydrogens is 342 g/mol. The summed E-state index contributed by atoms with van der Waals surface area (Å²) >= 11 is 0. The van der Waals surface area contributed by atoms with E-state index in [1.165, 1.54) is 0 Å². The van der Waals surface area contributed by atoms with Gasteiger partial charge < -0.3 is 14.8 Å². The van der Waals surface area contributed by atoms with Crippen LogP contribution in [0.5, 0.6) is 0 Å². The summed E-state index contributed by atoms with van der Waals surface area (Å²) in [6.07, 6.45) is 8.32. The molecule has 27 heavy (non-hydrogen) atoms. The Labute approximate surface area is 156 Å². The summed E-state index contributed by atoms with van der Waals surface area (Å²) in [6, 6.07) is 4.36. The first-order chi connectivity index (χ1) is 13.2. The predicted octanol–water partition coefficient (Wildman–Crippen LogP) is 2.36. The van der Waals surface area contributed by atoms with E-state index >= 15 is 0 Å². The van der Waals surface area contributed by atoms with Gasteiger partial charge in [0, 0.05) is 38.3 Å². The van der Waals surface area contributed by atoms with Crippen LogP contribution < -0.4 is 0 Å². The lowest BCUT2D eigenvalue weighted by atomic mass is 9.97. The number of hydrogen-bond donors (Lipinski definition) is 1. The maximum absolute atomic E-state index is 12.9. The molecule has 2 saturated heterocycles. The van der Waals surface area contributed by atoms with E-state index < -0.39 is 0 Å². The van der Waals surface area contributed by atoms with Crippen molar-refractivity contribution >= 4 is 22.7 Å². The van der Waals surface area contributed by atoms with Crippen LogP contribution in [-0.4, -0.2) is 61.4 Å². The highest BCUT2D eigenvalue weighted by Gasteiger charge is 2.33. The van der Waals surface area contributed by atoms with Gasteiger partial charge in [0.15, 0.2) is 5.65 Å². The fourth-order valence-electron chi connectivity index (χ4n) is 4.39. The molecule has 0 radical (unpaired) electrons. The Hall–Kier alpha value is -3.08. The molecule has 5 heterocycles. The van der Waals surface area contributed by atoms with Gasteiger partial charge >= 0.3 is 6.03 Å². The number of imidazole rings is 1. The molecule has 2 atom stereocenters. The molecule has 8 heteroatoms. The lowest BCUT2D eigenvalue weighted by molar-refractivity contribution is 0.145. The van der Waals surface area contributed by atoms with E-state index in [9.17, 15) is 4.79 Å². The topological polar surface area (TPSA) is 93.3 Å². The molecule has 3 aromatic rings. The highest BCUT2D eigenvalue weighted by atomic mass is 16.2. The lowest BCUT2D eigenvalue weighted by Gasteiger charge is -2.34. The van der Waals surface area contributed by atoms with Crippen LogP contribution in [0.4, 0.5) is 4.79 Å². The van der Waals surface area contributed by atoms with Gasteiger partial charge in [-0.25, -0.2) is 14.8 Å². The summed E-state index contributed by atoms with van der Waals surface area (Å²) < 4.78 is 2.15. The molecule has 2 fully saturated rings. The number of fused-ring (bicyclic) bond motifs is 3. The molecule has 0 aliphatic carbocycles. The third-order valence-corrected chi connectivity index (χ3v) is 5.79. The van der Waals surface area contributed by atoms with Crippen molar-refractivity contribution in [1.29, 1.82) is 5.26 Å². The fourth-order valence-corrected chi connectivity index (χ4v) is 4.39. The highest BCUT2D eigenvalue weighted by Crippen LogP contribution is 2.29. The number of carbonyl (C=O) groups excluding carboxylic acids is 1. The molecule has 0 saturated carbocycles. The number of carbonyl (C=O) groups is 1. The summed E-state index contributed by atoms with van der Waals surface area (Å²) in [7, 11) is 0. The number of urea groups is 1.